The van der Waals surface area contributed by atoms with Crippen molar-refractivity contribution in [3.05, 3.63) is 99.8 Å². The van der Waals surface area contributed by atoms with Crippen molar-refractivity contribution in [3.8, 4) is 0 Å². The van der Waals surface area contributed by atoms with Crippen LogP contribution in [-0.2, 0) is 21.9 Å². The van der Waals surface area contributed by atoms with Gasteiger partial charge in [-0.05, 0) is 42.8 Å². The molecule has 3 aromatic rings. The van der Waals surface area contributed by atoms with Crippen LogP contribution >= 0.6 is 34.8 Å². The number of hydrogen-bond acceptors (Lipinski definition) is 5. The number of nitrogens with two attached hydrogens (primary N) is 1. The predicted molar refractivity (Wildman–Crippen MR) is 132 cm³/mol. The molecular formula is C24H21Cl3N4O2. The number of nitrogens with zero attached hydrogens (tertiary/aromatic N) is 2. The smallest absolute Gasteiger partial charge is 0.242 e. The summed E-state index contributed by atoms with van der Waals surface area (Å²) in [7, 11) is 0. The lowest BCUT2D eigenvalue weighted by Gasteiger charge is -2.27. The van der Waals surface area contributed by atoms with Gasteiger partial charge in [0.25, 0.3) is 0 Å². The number of aromatic nitrogens is 1. The quantitative estimate of drug-likeness (QED) is 0.431. The highest BCUT2D eigenvalue weighted by Crippen LogP contribution is 2.42. The first-order valence-corrected chi connectivity index (χ1v) is 11.3. The summed E-state index contributed by atoms with van der Waals surface area (Å²) in [6.07, 6.45) is 3.26. The number of hydrogen-bond donors (Lipinski definition) is 2. The Morgan fingerprint density at radius 1 is 1.15 bits per heavy atom. The van der Waals surface area contributed by atoms with Gasteiger partial charge in [0, 0.05) is 17.4 Å². The fourth-order valence-corrected chi connectivity index (χ4v) is 4.07. The Balaban J connectivity index is 1.74. The van der Waals surface area contributed by atoms with Crippen molar-refractivity contribution in [1.29, 1.82) is 0 Å². The maximum absolute atomic E-state index is 12.0. The molecular weight excluding hydrogens is 483 g/mol. The van der Waals surface area contributed by atoms with Crippen molar-refractivity contribution in [2.24, 2.45) is 5.73 Å². The molecule has 3 N–H and O–H groups in total. The first kappa shape index (κ1) is 23.5. The molecule has 1 aliphatic heterocycles. The molecule has 33 heavy (non-hydrogen) atoms. The standard InChI is InChI=1S/C24H21Cl3N4O2/c1-15(25)23(32)30-17-10-11-29-21(12-17)24(28)13-20(22-18(26)8-5-9-19(22)27)31(33-24)14-16-6-3-2-4-7-16/h2-13,15H,14,28H2,1H3,(H,29,30,32). The first-order chi connectivity index (χ1) is 15.8. The molecule has 0 saturated heterocycles. The monoisotopic (exact) mass is 502 g/mol. The number of amides is 1. The topological polar surface area (TPSA) is 80.5 Å². The summed E-state index contributed by atoms with van der Waals surface area (Å²) in [5, 5.41) is 4.62. The van der Waals surface area contributed by atoms with Crippen LogP contribution in [0, 0.1) is 0 Å². The van der Waals surface area contributed by atoms with Crippen LogP contribution in [0.25, 0.3) is 5.70 Å². The van der Waals surface area contributed by atoms with E-state index in [1.807, 2.05) is 30.3 Å². The summed E-state index contributed by atoms with van der Waals surface area (Å²) in [5.41, 5.74) is 8.36. The van der Waals surface area contributed by atoms with Gasteiger partial charge < -0.3 is 5.32 Å². The van der Waals surface area contributed by atoms with Crippen LogP contribution in [0.1, 0.15) is 23.7 Å². The SMILES string of the molecule is CC(Cl)C(=O)Nc1ccnc(C2(N)C=C(c3c(Cl)cccc3Cl)N(Cc3ccccc3)O2)c1. The van der Waals surface area contributed by atoms with Crippen molar-refractivity contribution in [1.82, 2.24) is 10.0 Å². The maximum Gasteiger partial charge on any atom is 0.242 e. The van der Waals surface area contributed by atoms with E-state index in [4.69, 9.17) is 45.4 Å². The Morgan fingerprint density at radius 3 is 2.52 bits per heavy atom. The molecule has 2 heterocycles. The van der Waals surface area contributed by atoms with Crippen LogP contribution in [0.4, 0.5) is 5.69 Å². The molecule has 0 radical (unpaired) electrons. The van der Waals surface area contributed by atoms with E-state index in [1.54, 1.807) is 48.4 Å². The van der Waals surface area contributed by atoms with Crippen molar-refractivity contribution in [2.45, 2.75) is 24.6 Å². The van der Waals surface area contributed by atoms with Gasteiger partial charge in [0.1, 0.15) is 5.38 Å². The fraction of sp³-hybridized carbons (Fsp3) is 0.167. The molecule has 1 amide bonds. The molecule has 2 aromatic carbocycles. The van der Waals surface area contributed by atoms with Gasteiger partial charge >= 0.3 is 0 Å². The van der Waals surface area contributed by atoms with E-state index >= 15 is 0 Å². The van der Waals surface area contributed by atoms with Gasteiger partial charge in [-0.25, -0.2) is 9.90 Å². The van der Waals surface area contributed by atoms with E-state index in [2.05, 4.69) is 10.3 Å². The second-order valence-electron chi connectivity index (χ2n) is 7.57. The fourth-order valence-electron chi connectivity index (χ4n) is 3.42. The molecule has 0 bridgehead atoms. The van der Waals surface area contributed by atoms with E-state index in [9.17, 15) is 4.79 Å². The van der Waals surface area contributed by atoms with Crippen molar-refractivity contribution in [2.75, 3.05) is 5.32 Å². The minimum Gasteiger partial charge on any atom is -0.325 e. The summed E-state index contributed by atoms with van der Waals surface area (Å²) >= 11 is 18.9. The average molecular weight is 504 g/mol. The van der Waals surface area contributed by atoms with Gasteiger partial charge in [-0.3, -0.25) is 15.5 Å². The number of pyridine rings is 1. The molecule has 2 atom stereocenters. The minimum absolute atomic E-state index is 0.336. The zero-order chi connectivity index (χ0) is 23.6. The van der Waals surface area contributed by atoms with Gasteiger partial charge in [-0.1, -0.05) is 59.6 Å². The number of benzene rings is 2. The van der Waals surface area contributed by atoms with Crippen LogP contribution in [0.5, 0.6) is 0 Å². The zero-order valence-corrected chi connectivity index (χ0v) is 19.9. The van der Waals surface area contributed by atoms with Crippen molar-refractivity contribution in [3.63, 3.8) is 0 Å². The highest BCUT2D eigenvalue weighted by molar-refractivity contribution is 6.37. The number of nitrogens with one attached hydrogen (secondary N) is 1. The number of hydroxylamine groups is 2. The van der Waals surface area contributed by atoms with E-state index in [-0.39, 0.29) is 5.91 Å². The third-order valence-corrected chi connectivity index (χ3v) is 5.89. The highest BCUT2D eigenvalue weighted by atomic mass is 35.5. The Kier molecular flexibility index (Phi) is 6.93. The molecule has 0 saturated carbocycles. The third kappa shape index (κ3) is 5.16. The van der Waals surface area contributed by atoms with Crippen molar-refractivity contribution >= 4 is 52.1 Å². The summed E-state index contributed by atoms with van der Waals surface area (Å²) < 4.78 is 0. The third-order valence-electron chi connectivity index (χ3n) is 5.06. The van der Waals surface area contributed by atoms with Crippen LogP contribution in [0.3, 0.4) is 0 Å². The molecule has 1 aliphatic rings. The summed E-state index contributed by atoms with van der Waals surface area (Å²) in [6.45, 7) is 1.99. The van der Waals surface area contributed by atoms with E-state index < -0.39 is 11.1 Å². The van der Waals surface area contributed by atoms with Crippen molar-refractivity contribution < 1.29 is 9.63 Å². The summed E-state index contributed by atoms with van der Waals surface area (Å²) in [4.78, 5) is 22.6. The second-order valence-corrected chi connectivity index (χ2v) is 9.04. The molecule has 0 fully saturated rings. The van der Waals surface area contributed by atoms with E-state index in [0.717, 1.165) is 5.56 Å². The zero-order valence-electron chi connectivity index (χ0n) is 17.6. The number of anilines is 1. The van der Waals surface area contributed by atoms with Gasteiger partial charge in [-0.15, -0.1) is 11.6 Å². The minimum atomic E-state index is -1.43. The second kappa shape index (κ2) is 9.71. The molecule has 6 nitrogen and oxygen atoms in total. The summed E-state index contributed by atoms with van der Waals surface area (Å²) in [5.74, 6) is -0.336. The molecule has 1 aromatic heterocycles. The highest BCUT2D eigenvalue weighted by Gasteiger charge is 2.40. The Bertz CT molecular complexity index is 1180. The largest absolute Gasteiger partial charge is 0.325 e. The van der Waals surface area contributed by atoms with Crippen LogP contribution < -0.4 is 11.1 Å². The number of carbonyl (C=O) groups is 1. The lowest BCUT2D eigenvalue weighted by atomic mass is 10.0. The van der Waals surface area contributed by atoms with Crippen LogP contribution in [-0.4, -0.2) is 21.3 Å². The Morgan fingerprint density at radius 2 is 1.85 bits per heavy atom. The van der Waals surface area contributed by atoms with Gasteiger partial charge in [0.15, 0.2) is 0 Å². The number of alkyl halides is 1. The normalized spacial score (nSPS) is 18.7. The van der Waals surface area contributed by atoms with Gasteiger partial charge in [0.2, 0.25) is 11.6 Å². The van der Waals surface area contributed by atoms with Gasteiger partial charge in [0.05, 0.1) is 28.0 Å². The molecule has 170 valence electrons. The Hall–Kier alpha value is -2.61. The first-order valence-electron chi connectivity index (χ1n) is 10.1. The molecule has 9 heteroatoms. The lowest BCUT2D eigenvalue weighted by molar-refractivity contribution is -0.183. The molecule has 4 rings (SSSR count). The van der Waals surface area contributed by atoms with Crippen LogP contribution in [0.2, 0.25) is 10.0 Å². The molecule has 0 spiro atoms. The summed E-state index contributed by atoms with van der Waals surface area (Å²) in [6, 6.07) is 18.4. The molecule has 0 aliphatic carbocycles. The lowest BCUT2D eigenvalue weighted by Crippen LogP contribution is -2.39. The number of rotatable bonds is 6. The van der Waals surface area contributed by atoms with Gasteiger partial charge in [-0.2, -0.15) is 0 Å². The van der Waals surface area contributed by atoms with Crippen LogP contribution in [0.15, 0.2) is 72.9 Å². The Labute approximate surface area is 206 Å². The van der Waals surface area contributed by atoms with E-state index in [1.165, 1.54) is 6.20 Å². The van der Waals surface area contributed by atoms with E-state index in [0.29, 0.717) is 39.2 Å². The maximum atomic E-state index is 12.0. The predicted octanol–water partition coefficient (Wildman–Crippen LogP) is 5.55. The molecule has 2 unspecified atom stereocenters. The number of halogens is 3. The average Bonchev–Trinajstić information content (AvgIpc) is 3.11. The number of carbonyl (C=O) groups excluding carboxylic acids is 1.